The van der Waals surface area contributed by atoms with Crippen molar-refractivity contribution in [3.8, 4) is 0 Å². The first kappa shape index (κ1) is 16.3. The monoisotopic (exact) mass is 305 g/mol. The molecule has 120 valence electrons. The van der Waals surface area contributed by atoms with Gasteiger partial charge in [-0.3, -0.25) is 4.90 Å². The van der Waals surface area contributed by atoms with Crippen LogP contribution in [0.25, 0.3) is 5.65 Å². The van der Waals surface area contributed by atoms with E-state index in [9.17, 15) is 15.0 Å². The fraction of sp³-hybridized carbons (Fsp3) is 0.500. The highest BCUT2D eigenvalue weighted by Gasteiger charge is 2.29. The standard InChI is InChI=1S/C16H23N3O3/c1-10-13(16(5,6)22)17-12-8-7-11(9-18(10)12)19(14(20)21)15(2,3)4/h7-9,22H,1-6H3,(H,20,21). The molecule has 0 fully saturated rings. The largest absolute Gasteiger partial charge is 0.465 e. The van der Waals surface area contributed by atoms with Crippen LogP contribution in [0, 0.1) is 6.92 Å². The zero-order chi connectivity index (χ0) is 16.9. The molecule has 2 aromatic heterocycles. The minimum absolute atomic E-state index is 0.562. The number of aliphatic hydroxyl groups is 1. The van der Waals surface area contributed by atoms with Gasteiger partial charge in [-0.05, 0) is 53.7 Å². The third kappa shape index (κ3) is 2.78. The van der Waals surface area contributed by atoms with Gasteiger partial charge >= 0.3 is 6.09 Å². The lowest BCUT2D eigenvalue weighted by molar-refractivity contribution is 0.0737. The second kappa shape index (κ2) is 4.98. The second-order valence-corrected chi connectivity index (χ2v) is 7.01. The summed E-state index contributed by atoms with van der Waals surface area (Å²) in [6.07, 6.45) is 0.735. The minimum Gasteiger partial charge on any atom is -0.465 e. The van der Waals surface area contributed by atoms with Crippen LogP contribution in [0.1, 0.15) is 46.0 Å². The molecule has 0 saturated heterocycles. The maximum absolute atomic E-state index is 11.6. The first-order valence-electron chi connectivity index (χ1n) is 7.17. The number of aryl methyl sites for hydroxylation is 1. The fourth-order valence-corrected chi connectivity index (χ4v) is 2.65. The molecule has 2 aromatic rings. The normalized spacial score (nSPS) is 12.7. The van der Waals surface area contributed by atoms with Crippen molar-refractivity contribution in [1.82, 2.24) is 9.38 Å². The van der Waals surface area contributed by atoms with Crippen LogP contribution < -0.4 is 4.90 Å². The zero-order valence-corrected chi connectivity index (χ0v) is 13.9. The third-order valence-corrected chi connectivity index (χ3v) is 3.54. The van der Waals surface area contributed by atoms with Crippen LogP contribution in [0.2, 0.25) is 0 Å². The average molecular weight is 305 g/mol. The van der Waals surface area contributed by atoms with Crippen molar-refractivity contribution in [2.45, 2.75) is 52.7 Å². The summed E-state index contributed by atoms with van der Waals surface area (Å²) in [6, 6.07) is 3.49. The lowest BCUT2D eigenvalue weighted by atomic mass is 10.0. The molecule has 0 aliphatic heterocycles. The molecule has 0 spiro atoms. The molecule has 0 radical (unpaired) electrons. The lowest BCUT2D eigenvalue weighted by Crippen LogP contribution is -2.45. The van der Waals surface area contributed by atoms with E-state index in [1.165, 1.54) is 4.90 Å². The van der Waals surface area contributed by atoms with Gasteiger partial charge in [0.1, 0.15) is 11.2 Å². The van der Waals surface area contributed by atoms with E-state index in [1.54, 1.807) is 32.2 Å². The fourth-order valence-electron chi connectivity index (χ4n) is 2.65. The predicted molar refractivity (Wildman–Crippen MR) is 85.4 cm³/mol. The molecule has 6 heteroatoms. The average Bonchev–Trinajstić information content (AvgIpc) is 2.64. The molecule has 0 aliphatic rings. The van der Waals surface area contributed by atoms with Crippen LogP contribution in [0.3, 0.4) is 0 Å². The van der Waals surface area contributed by atoms with Crippen LogP contribution in [0.4, 0.5) is 10.5 Å². The van der Waals surface area contributed by atoms with Crippen molar-refractivity contribution in [2.24, 2.45) is 0 Å². The Balaban J connectivity index is 2.64. The van der Waals surface area contributed by atoms with Crippen molar-refractivity contribution >= 4 is 17.4 Å². The van der Waals surface area contributed by atoms with Gasteiger partial charge in [0.15, 0.2) is 0 Å². The number of carbonyl (C=O) groups is 1. The highest BCUT2D eigenvalue weighted by atomic mass is 16.4. The van der Waals surface area contributed by atoms with Crippen LogP contribution in [0.15, 0.2) is 18.3 Å². The molecule has 0 saturated carbocycles. The maximum atomic E-state index is 11.6. The number of pyridine rings is 1. The molecule has 0 unspecified atom stereocenters. The van der Waals surface area contributed by atoms with E-state index in [0.717, 1.165) is 5.69 Å². The number of aromatic nitrogens is 2. The number of anilines is 1. The van der Waals surface area contributed by atoms with Gasteiger partial charge in [0.05, 0.1) is 11.4 Å². The van der Waals surface area contributed by atoms with Crippen molar-refractivity contribution in [1.29, 1.82) is 0 Å². The topological polar surface area (TPSA) is 78.1 Å². The van der Waals surface area contributed by atoms with E-state index in [1.807, 2.05) is 32.1 Å². The van der Waals surface area contributed by atoms with Gasteiger partial charge in [0, 0.05) is 17.4 Å². The van der Waals surface area contributed by atoms with Crippen molar-refractivity contribution in [3.05, 3.63) is 29.7 Å². The number of nitrogens with zero attached hydrogens (tertiary/aromatic N) is 3. The van der Waals surface area contributed by atoms with Gasteiger partial charge < -0.3 is 14.6 Å². The van der Waals surface area contributed by atoms with E-state index < -0.39 is 17.2 Å². The summed E-state index contributed by atoms with van der Waals surface area (Å²) in [6.45, 7) is 10.7. The van der Waals surface area contributed by atoms with E-state index >= 15 is 0 Å². The molecular formula is C16H23N3O3. The maximum Gasteiger partial charge on any atom is 0.412 e. The zero-order valence-electron chi connectivity index (χ0n) is 13.9. The Kier molecular flexibility index (Phi) is 3.69. The van der Waals surface area contributed by atoms with Crippen molar-refractivity contribution in [2.75, 3.05) is 4.90 Å². The summed E-state index contributed by atoms with van der Waals surface area (Å²) in [7, 11) is 0. The van der Waals surface area contributed by atoms with Crippen molar-refractivity contribution in [3.63, 3.8) is 0 Å². The van der Waals surface area contributed by atoms with E-state index in [2.05, 4.69) is 4.98 Å². The Morgan fingerprint density at radius 3 is 2.27 bits per heavy atom. The number of hydrogen-bond donors (Lipinski definition) is 2. The number of imidazole rings is 1. The molecule has 0 atom stereocenters. The van der Waals surface area contributed by atoms with Gasteiger partial charge in [-0.1, -0.05) is 0 Å². The van der Waals surface area contributed by atoms with Crippen LogP contribution in [-0.4, -0.2) is 31.2 Å². The Morgan fingerprint density at radius 2 is 1.82 bits per heavy atom. The van der Waals surface area contributed by atoms with Gasteiger partial charge in [-0.25, -0.2) is 9.78 Å². The van der Waals surface area contributed by atoms with Gasteiger partial charge in [-0.15, -0.1) is 0 Å². The van der Waals surface area contributed by atoms with Crippen LogP contribution >= 0.6 is 0 Å². The molecule has 2 rings (SSSR count). The highest BCUT2D eigenvalue weighted by Crippen LogP contribution is 2.28. The molecular weight excluding hydrogens is 282 g/mol. The van der Waals surface area contributed by atoms with Gasteiger partial charge in [0.2, 0.25) is 0 Å². The molecule has 0 aromatic carbocycles. The number of carboxylic acid groups (broad SMARTS) is 1. The molecule has 6 nitrogen and oxygen atoms in total. The smallest absolute Gasteiger partial charge is 0.412 e. The van der Waals surface area contributed by atoms with Crippen molar-refractivity contribution < 1.29 is 15.0 Å². The summed E-state index contributed by atoms with van der Waals surface area (Å²) in [4.78, 5) is 17.3. The first-order valence-corrected chi connectivity index (χ1v) is 7.17. The molecule has 2 N–H and O–H groups in total. The van der Waals surface area contributed by atoms with Gasteiger partial charge in [0.25, 0.3) is 0 Å². The van der Waals surface area contributed by atoms with Crippen LogP contribution in [-0.2, 0) is 5.60 Å². The minimum atomic E-state index is -1.05. The van der Waals surface area contributed by atoms with Gasteiger partial charge in [-0.2, -0.15) is 0 Å². The third-order valence-electron chi connectivity index (χ3n) is 3.54. The van der Waals surface area contributed by atoms with Crippen LogP contribution in [0.5, 0.6) is 0 Å². The number of amides is 1. The lowest BCUT2D eigenvalue weighted by Gasteiger charge is -2.33. The molecule has 22 heavy (non-hydrogen) atoms. The predicted octanol–water partition coefficient (Wildman–Crippen LogP) is 3.15. The molecule has 0 bridgehead atoms. The number of rotatable bonds is 2. The van der Waals surface area contributed by atoms with E-state index in [0.29, 0.717) is 17.0 Å². The summed E-state index contributed by atoms with van der Waals surface area (Å²) in [5.41, 5.74) is 1.01. The Hall–Kier alpha value is -2.08. The summed E-state index contributed by atoms with van der Waals surface area (Å²) < 4.78 is 1.81. The second-order valence-electron chi connectivity index (χ2n) is 7.01. The summed E-state index contributed by atoms with van der Waals surface area (Å²) in [5.74, 6) is 0. The summed E-state index contributed by atoms with van der Waals surface area (Å²) >= 11 is 0. The Bertz CT molecular complexity index is 721. The number of hydrogen-bond acceptors (Lipinski definition) is 3. The molecule has 0 aliphatic carbocycles. The highest BCUT2D eigenvalue weighted by molar-refractivity contribution is 5.87. The number of fused-ring (bicyclic) bond motifs is 1. The Morgan fingerprint density at radius 1 is 1.23 bits per heavy atom. The quantitative estimate of drug-likeness (QED) is 0.893. The Labute approximate surface area is 130 Å². The molecule has 1 amide bonds. The molecule has 2 heterocycles. The summed E-state index contributed by atoms with van der Waals surface area (Å²) in [5, 5.41) is 19.7. The first-order chi connectivity index (χ1) is 9.93. The SMILES string of the molecule is Cc1c(C(C)(C)O)nc2ccc(N(C(=O)O)C(C)(C)C)cn12. The van der Waals surface area contributed by atoms with E-state index in [-0.39, 0.29) is 0 Å². The van der Waals surface area contributed by atoms with E-state index in [4.69, 9.17) is 0 Å².